The van der Waals surface area contributed by atoms with E-state index >= 15 is 0 Å². The van der Waals surface area contributed by atoms with Crippen molar-refractivity contribution in [3.8, 4) is 0 Å². The Bertz CT molecular complexity index is 1990. The van der Waals surface area contributed by atoms with E-state index in [0.29, 0.717) is 25.7 Å². The second-order valence-electron chi connectivity index (χ2n) is 31.4. The van der Waals surface area contributed by atoms with Crippen LogP contribution in [0.1, 0.15) is 440 Å². The van der Waals surface area contributed by atoms with Crippen molar-refractivity contribution >= 4 is 39.5 Å². The third-order valence-electron chi connectivity index (χ3n) is 20.0. The van der Waals surface area contributed by atoms with Gasteiger partial charge < -0.3 is 33.8 Å². The molecular weight excluding hydrogens is 1340 g/mol. The second kappa shape index (κ2) is 74.2. The molecule has 0 aliphatic heterocycles. The number of ether oxygens (including phenoxy) is 4. The highest BCUT2D eigenvalue weighted by atomic mass is 31.2. The third kappa shape index (κ3) is 76.6. The van der Waals surface area contributed by atoms with Crippen molar-refractivity contribution in [1.82, 2.24) is 0 Å². The van der Waals surface area contributed by atoms with Gasteiger partial charge in [0.1, 0.15) is 19.3 Å². The van der Waals surface area contributed by atoms with Crippen molar-refractivity contribution < 1.29 is 80.2 Å². The van der Waals surface area contributed by atoms with Crippen LogP contribution in [0.4, 0.5) is 0 Å². The minimum atomic E-state index is -4.96. The van der Waals surface area contributed by atoms with Gasteiger partial charge in [0.05, 0.1) is 26.4 Å². The van der Waals surface area contributed by atoms with Gasteiger partial charge in [0.15, 0.2) is 12.2 Å². The summed E-state index contributed by atoms with van der Waals surface area (Å²) in [5.74, 6) is 0.335. The molecule has 0 amide bonds. The third-order valence-corrected chi connectivity index (χ3v) is 21.9. The lowest BCUT2D eigenvalue weighted by Crippen LogP contribution is -2.30. The molecule has 6 atom stereocenters. The van der Waals surface area contributed by atoms with E-state index in [4.69, 9.17) is 37.0 Å². The van der Waals surface area contributed by atoms with Crippen LogP contribution < -0.4 is 0 Å². The van der Waals surface area contributed by atoms with Gasteiger partial charge in [0, 0.05) is 25.7 Å². The standard InChI is InChI=1S/C84H164O17P2/c1-8-10-11-12-13-14-27-37-44-51-58-65-81(86)94-71-79(100-83(88)67-60-53-46-39-32-25-19-16-22-29-35-42-49-56-63-76(5)6)73-98-102(90,91)96-69-78(85)70-97-103(92,93)99-74-80(72-95-82(87)66-59-52-45-38-31-24-18-15-21-28-34-41-48-55-62-75(3)4)101-84(89)68-61-54-47-40-33-26-20-17-23-30-36-43-50-57-64-77(7)9-2/h75-80,85H,8-74H2,1-7H3,(H,90,91)(H,92,93)/t77?,78-,79+,80+/m0/s1. The summed E-state index contributed by atoms with van der Waals surface area (Å²) >= 11 is 0. The van der Waals surface area contributed by atoms with Crippen LogP contribution in [0.15, 0.2) is 0 Å². The summed E-state index contributed by atoms with van der Waals surface area (Å²) in [7, 11) is -9.93. The maximum absolute atomic E-state index is 13.1. The number of hydrogen-bond acceptors (Lipinski definition) is 15. The lowest BCUT2D eigenvalue weighted by atomic mass is 9.99. The maximum Gasteiger partial charge on any atom is 0.472 e. The number of rotatable bonds is 82. The maximum atomic E-state index is 13.1. The molecule has 3 unspecified atom stereocenters. The van der Waals surface area contributed by atoms with Crippen LogP contribution in [-0.4, -0.2) is 96.7 Å². The molecule has 0 heterocycles. The minimum Gasteiger partial charge on any atom is -0.462 e. The van der Waals surface area contributed by atoms with Gasteiger partial charge in [0.25, 0.3) is 0 Å². The Balaban J connectivity index is 5.26. The van der Waals surface area contributed by atoms with Gasteiger partial charge >= 0.3 is 39.5 Å². The molecule has 612 valence electrons. The Morgan fingerprint density at radius 3 is 0.738 bits per heavy atom. The SMILES string of the molecule is CCCCCCCCCCCCCC(=O)OC[C@H](COP(=O)(O)OC[C@H](O)COP(=O)(O)OC[C@@H](COC(=O)CCCCCCCCCCCCCCCCC(C)C)OC(=O)CCCCCCCCCCCCCCCCC(C)CC)OC(=O)CCCCCCCCCCCCCCCCC(C)C. The number of esters is 4. The molecule has 0 saturated heterocycles. The van der Waals surface area contributed by atoms with Crippen LogP contribution >= 0.6 is 15.6 Å². The number of phosphoric acid groups is 2. The Hall–Kier alpha value is -1.94. The first kappa shape index (κ1) is 101. The highest BCUT2D eigenvalue weighted by molar-refractivity contribution is 7.47. The van der Waals surface area contributed by atoms with E-state index in [-0.39, 0.29) is 25.7 Å². The van der Waals surface area contributed by atoms with Gasteiger partial charge in [-0.15, -0.1) is 0 Å². The number of carbonyl (C=O) groups excluding carboxylic acids is 4. The molecule has 0 rings (SSSR count). The Labute approximate surface area is 632 Å². The van der Waals surface area contributed by atoms with Crippen molar-refractivity contribution in [3.63, 3.8) is 0 Å². The van der Waals surface area contributed by atoms with Crippen LogP contribution in [0.5, 0.6) is 0 Å². The molecule has 3 N–H and O–H groups in total. The molecular formula is C84H164O17P2. The predicted octanol–water partition coefficient (Wildman–Crippen LogP) is 25.3. The monoisotopic (exact) mass is 1510 g/mol. The number of aliphatic hydroxyl groups is 1. The highest BCUT2D eigenvalue weighted by Gasteiger charge is 2.30. The van der Waals surface area contributed by atoms with Crippen LogP contribution in [0.2, 0.25) is 0 Å². The molecule has 0 aliphatic rings. The summed E-state index contributed by atoms with van der Waals surface area (Å²) in [5.41, 5.74) is 0. The summed E-state index contributed by atoms with van der Waals surface area (Å²) < 4.78 is 68.9. The lowest BCUT2D eigenvalue weighted by molar-refractivity contribution is -0.161. The fourth-order valence-electron chi connectivity index (χ4n) is 13.0. The van der Waals surface area contributed by atoms with Crippen LogP contribution in [-0.2, 0) is 65.4 Å². The minimum absolute atomic E-state index is 0.108. The van der Waals surface area contributed by atoms with Crippen molar-refractivity contribution in [2.75, 3.05) is 39.6 Å². The predicted molar refractivity (Wildman–Crippen MR) is 423 cm³/mol. The van der Waals surface area contributed by atoms with Gasteiger partial charge in [-0.3, -0.25) is 37.3 Å². The first-order valence-corrected chi connectivity index (χ1v) is 46.4. The zero-order valence-electron chi connectivity index (χ0n) is 67.8. The number of phosphoric ester groups is 2. The normalized spacial score (nSPS) is 14.2. The number of hydrogen-bond donors (Lipinski definition) is 3. The van der Waals surface area contributed by atoms with Gasteiger partial charge in [-0.1, -0.05) is 389 Å². The topological polar surface area (TPSA) is 237 Å². The van der Waals surface area contributed by atoms with Gasteiger partial charge in [0.2, 0.25) is 0 Å². The van der Waals surface area contributed by atoms with E-state index in [9.17, 15) is 43.2 Å². The van der Waals surface area contributed by atoms with E-state index in [1.54, 1.807) is 0 Å². The average Bonchev–Trinajstić information content (AvgIpc) is 0.911. The molecule has 103 heavy (non-hydrogen) atoms. The Kier molecular flexibility index (Phi) is 72.8. The summed E-state index contributed by atoms with van der Waals surface area (Å²) in [6.45, 7) is 12.1. The molecule has 0 fully saturated rings. The summed E-state index contributed by atoms with van der Waals surface area (Å²) in [6.07, 6.45) is 63.6. The molecule has 0 aromatic rings. The van der Waals surface area contributed by atoms with Crippen molar-refractivity contribution in [1.29, 1.82) is 0 Å². The average molecular weight is 1510 g/mol. The molecule has 0 spiro atoms. The molecule has 0 aromatic heterocycles. The van der Waals surface area contributed by atoms with Crippen LogP contribution in [0.3, 0.4) is 0 Å². The first-order chi connectivity index (χ1) is 49.8. The summed E-state index contributed by atoms with van der Waals surface area (Å²) in [6, 6.07) is 0. The molecule has 0 aliphatic carbocycles. The number of unbranched alkanes of at least 4 members (excludes halogenated alkanes) is 49. The van der Waals surface area contributed by atoms with Gasteiger partial charge in [-0.2, -0.15) is 0 Å². The molecule has 19 heteroatoms. The smallest absolute Gasteiger partial charge is 0.462 e. The fraction of sp³-hybridized carbons (Fsp3) is 0.952. The fourth-order valence-corrected chi connectivity index (χ4v) is 14.6. The van der Waals surface area contributed by atoms with E-state index in [2.05, 4.69) is 48.5 Å². The highest BCUT2D eigenvalue weighted by Crippen LogP contribution is 2.45. The van der Waals surface area contributed by atoms with Crippen molar-refractivity contribution in [2.24, 2.45) is 17.8 Å². The van der Waals surface area contributed by atoms with Crippen molar-refractivity contribution in [2.45, 2.75) is 458 Å². The molecule has 0 aromatic carbocycles. The van der Waals surface area contributed by atoms with E-state index in [0.717, 1.165) is 108 Å². The Morgan fingerprint density at radius 1 is 0.282 bits per heavy atom. The van der Waals surface area contributed by atoms with Crippen LogP contribution in [0.25, 0.3) is 0 Å². The van der Waals surface area contributed by atoms with Gasteiger partial charge in [-0.05, 0) is 43.4 Å². The summed E-state index contributed by atoms with van der Waals surface area (Å²) in [4.78, 5) is 73.2. The zero-order valence-corrected chi connectivity index (χ0v) is 69.6. The Morgan fingerprint density at radius 2 is 0.495 bits per heavy atom. The first-order valence-electron chi connectivity index (χ1n) is 43.4. The quantitative estimate of drug-likeness (QED) is 0.0222. The van der Waals surface area contributed by atoms with Crippen LogP contribution in [0, 0.1) is 17.8 Å². The molecule has 0 bridgehead atoms. The van der Waals surface area contributed by atoms with E-state index in [1.807, 2.05) is 0 Å². The summed E-state index contributed by atoms with van der Waals surface area (Å²) in [5, 5.41) is 10.7. The van der Waals surface area contributed by atoms with Gasteiger partial charge in [-0.25, -0.2) is 9.13 Å². The lowest BCUT2D eigenvalue weighted by Gasteiger charge is -2.21. The number of aliphatic hydroxyl groups excluding tert-OH is 1. The van der Waals surface area contributed by atoms with E-state index in [1.165, 1.54) is 250 Å². The zero-order chi connectivity index (χ0) is 75.8. The van der Waals surface area contributed by atoms with Crippen molar-refractivity contribution in [3.05, 3.63) is 0 Å². The molecule has 17 nitrogen and oxygen atoms in total. The molecule has 0 saturated carbocycles. The molecule has 0 radical (unpaired) electrons. The van der Waals surface area contributed by atoms with E-state index < -0.39 is 97.5 Å². The number of carbonyl (C=O) groups is 4. The second-order valence-corrected chi connectivity index (χ2v) is 34.3. The largest absolute Gasteiger partial charge is 0.472 e.